The van der Waals surface area contributed by atoms with Crippen molar-refractivity contribution in [3.8, 4) is 11.5 Å². The molecule has 0 bridgehead atoms. The van der Waals surface area contributed by atoms with Crippen molar-refractivity contribution in [2.75, 3.05) is 21.3 Å². The number of benzene rings is 3. The van der Waals surface area contributed by atoms with Gasteiger partial charge in [0.15, 0.2) is 16.7 Å². The minimum atomic E-state index is -0.429. The van der Waals surface area contributed by atoms with Crippen LogP contribution in [-0.4, -0.2) is 43.2 Å². The van der Waals surface area contributed by atoms with E-state index in [0.29, 0.717) is 48.4 Å². The van der Waals surface area contributed by atoms with Crippen LogP contribution < -0.4 is 9.47 Å². The van der Waals surface area contributed by atoms with E-state index in [1.807, 2.05) is 18.2 Å². The molecule has 10 heteroatoms. The molecule has 0 radical (unpaired) electrons. The van der Waals surface area contributed by atoms with Crippen LogP contribution in [0.3, 0.4) is 0 Å². The highest BCUT2D eigenvalue weighted by Crippen LogP contribution is 2.39. The second-order valence-corrected chi connectivity index (χ2v) is 9.65. The number of amides is 1. The zero-order chi connectivity index (χ0) is 26.5. The number of methoxy groups -OCH3 is 2. The molecule has 0 atom stereocenters. The Morgan fingerprint density at radius 3 is 2.46 bits per heavy atom. The van der Waals surface area contributed by atoms with Crippen molar-refractivity contribution in [2.45, 2.75) is 6.61 Å². The molecule has 3 aromatic carbocycles. The van der Waals surface area contributed by atoms with Crippen LogP contribution in [0.4, 0.5) is 5.69 Å². The Kier molecular flexibility index (Phi) is 8.43. The number of hydrogen-bond donors (Lipinski definition) is 0. The summed E-state index contributed by atoms with van der Waals surface area (Å²) in [5, 5.41) is 1.43. The van der Waals surface area contributed by atoms with E-state index in [2.05, 4.69) is 4.99 Å². The first-order valence-corrected chi connectivity index (χ1v) is 12.6. The highest BCUT2D eigenvalue weighted by molar-refractivity contribution is 8.18. The average Bonchev–Trinajstić information content (AvgIpc) is 3.16. The second kappa shape index (κ2) is 11.7. The number of ether oxygens (including phenoxy) is 3. The van der Waals surface area contributed by atoms with Gasteiger partial charge in [0.05, 0.1) is 35.4 Å². The normalized spacial score (nSPS) is 15.4. The summed E-state index contributed by atoms with van der Waals surface area (Å²) in [6.45, 7) is 0.218. The summed E-state index contributed by atoms with van der Waals surface area (Å²) in [5.41, 5.74) is 2.50. The number of thioether (sulfide) groups is 1. The van der Waals surface area contributed by atoms with Crippen LogP contribution in [0.2, 0.25) is 10.0 Å². The quantitative estimate of drug-likeness (QED) is 0.241. The fourth-order valence-electron chi connectivity index (χ4n) is 3.43. The third-order valence-corrected chi connectivity index (χ3v) is 7.11. The minimum absolute atomic E-state index is 0.205. The van der Waals surface area contributed by atoms with Crippen LogP contribution in [0.15, 0.2) is 70.6 Å². The molecule has 1 aliphatic rings. The molecular formula is C27H22Cl2N2O5S. The number of carbonyl (C=O) groups is 2. The van der Waals surface area contributed by atoms with Gasteiger partial charge in [-0.05, 0) is 65.9 Å². The van der Waals surface area contributed by atoms with E-state index in [1.165, 1.54) is 30.9 Å². The lowest BCUT2D eigenvalue weighted by atomic mass is 10.1. The van der Waals surface area contributed by atoms with Crippen molar-refractivity contribution in [1.82, 2.24) is 4.90 Å². The molecule has 7 nitrogen and oxygen atoms in total. The van der Waals surface area contributed by atoms with Gasteiger partial charge in [0, 0.05) is 17.6 Å². The molecule has 190 valence electrons. The highest BCUT2D eigenvalue weighted by Gasteiger charge is 2.30. The summed E-state index contributed by atoms with van der Waals surface area (Å²) in [4.78, 5) is 31.0. The first kappa shape index (κ1) is 26.6. The summed E-state index contributed by atoms with van der Waals surface area (Å²) in [6, 6.07) is 17.4. The third kappa shape index (κ3) is 6.10. The highest BCUT2D eigenvalue weighted by atomic mass is 35.5. The van der Waals surface area contributed by atoms with Crippen LogP contribution in [-0.2, 0) is 16.1 Å². The topological polar surface area (TPSA) is 77.4 Å². The molecular weight excluding hydrogens is 535 g/mol. The largest absolute Gasteiger partial charge is 0.493 e. The molecule has 1 heterocycles. The van der Waals surface area contributed by atoms with E-state index >= 15 is 0 Å². The monoisotopic (exact) mass is 556 g/mol. The number of esters is 1. The Morgan fingerprint density at radius 1 is 1.05 bits per heavy atom. The van der Waals surface area contributed by atoms with Crippen molar-refractivity contribution < 1.29 is 23.8 Å². The van der Waals surface area contributed by atoms with E-state index in [1.54, 1.807) is 55.6 Å². The number of rotatable bonds is 7. The molecule has 0 saturated carbocycles. The molecule has 3 aromatic rings. The molecule has 1 aliphatic heterocycles. The van der Waals surface area contributed by atoms with Gasteiger partial charge >= 0.3 is 5.97 Å². The van der Waals surface area contributed by atoms with Crippen LogP contribution >= 0.6 is 35.0 Å². The fraction of sp³-hybridized carbons (Fsp3) is 0.148. The van der Waals surface area contributed by atoms with E-state index in [0.717, 1.165) is 5.56 Å². The van der Waals surface area contributed by atoms with E-state index in [9.17, 15) is 9.59 Å². The number of amidine groups is 1. The van der Waals surface area contributed by atoms with Gasteiger partial charge < -0.3 is 14.2 Å². The zero-order valence-corrected chi connectivity index (χ0v) is 22.5. The Labute approximate surface area is 228 Å². The lowest BCUT2D eigenvalue weighted by Gasteiger charge is -2.14. The lowest BCUT2D eigenvalue weighted by Crippen LogP contribution is -2.23. The first-order chi connectivity index (χ1) is 17.8. The van der Waals surface area contributed by atoms with E-state index < -0.39 is 5.97 Å². The molecule has 0 unspecified atom stereocenters. The Balaban J connectivity index is 1.55. The summed E-state index contributed by atoms with van der Waals surface area (Å²) in [5.74, 6) is 0.173. The Morgan fingerprint density at radius 2 is 1.78 bits per heavy atom. The minimum Gasteiger partial charge on any atom is -0.493 e. The summed E-state index contributed by atoms with van der Waals surface area (Å²) < 4.78 is 16.1. The predicted molar refractivity (Wildman–Crippen MR) is 147 cm³/mol. The maximum Gasteiger partial charge on any atom is 0.337 e. The Hall–Kier alpha value is -3.46. The number of hydrogen-bond acceptors (Lipinski definition) is 7. The SMILES string of the molecule is COC(=O)c1ccc(N=C2SC(=Cc3cc(Cl)c(OCc4ccccc4Cl)c(OC)c3)C(=O)N2C)cc1. The number of carbonyl (C=O) groups excluding carboxylic acids is 2. The van der Waals surface area contributed by atoms with Crippen LogP contribution in [0, 0.1) is 0 Å². The third-order valence-electron chi connectivity index (χ3n) is 5.40. The van der Waals surface area contributed by atoms with Gasteiger partial charge in [-0.1, -0.05) is 41.4 Å². The van der Waals surface area contributed by atoms with Crippen LogP contribution in [0.5, 0.6) is 11.5 Å². The molecule has 1 fully saturated rings. The number of nitrogens with zero attached hydrogens (tertiary/aromatic N) is 2. The summed E-state index contributed by atoms with van der Waals surface area (Å²) in [6.07, 6.45) is 1.72. The van der Waals surface area contributed by atoms with Gasteiger partial charge in [0.1, 0.15) is 6.61 Å². The van der Waals surface area contributed by atoms with E-state index in [-0.39, 0.29) is 12.5 Å². The molecule has 0 N–H and O–H groups in total. The zero-order valence-electron chi connectivity index (χ0n) is 20.2. The number of aliphatic imine (C=N–C) groups is 1. The van der Waals surface area contributed by atoms with Crippen molar-refractivity contribution in [1.29, 1.82) is 0 Å². The first-order valence-electron chi connectivity index (χ1n) is 11.0. The number of halogens is 2. The van der Waals surface area contributed by atoms with Gasteiger partial charge in [-0.25, -0.2) is 9.79 Å². The van der Waals surface area contributed by atoms with Crippen molar-refractivity contribution >= 4 is 63.8 Å². The molecule has 0 spiro atoms. The molecule has 0 aromatic heterocycles. The van der Waals surface area contributed by atoms with Crippen molar-refractivity contribution in [2.24, 2.45) is 4.99 Å². The second-order valence-electron chi connectivity index (χ2n) is 7.82. The molecule has 4 rings (SSSR count). The molecule has 1 amide bonds. The van der Waals surface area contributed by atoms with Gasteiger partial charge in [0.2, 0.25) is 0 Å². The Bertz CT molecular complexity index is 1410. The summed E-state index contributed by atoms with van der Waals surface area (Å²) in [7, 11) is 4.49. The maximum atomic E-state index is 12.9. The lowest BCUT2D eigenvalue weighted by molar-refractivity contribution is -0.121. The van der Waals surface area contributed by atoms with Gasteiger partial charge in [-0.3, -0.25) is 9.69 Å². The van der Waals surface area contributed by atoms with Gasteiger partial charge in [-0.2, -0.15) is 0 Å². The van der Waals surface area contributed by atoms with Crippen LogP contribution in [0.1, 0.15) is 21.5 Å². The van der Waals surface area contributed by atoms with Crippen molar-refractivity contribution in [3.05, 3.63) is 92.3 Å². The average molecular weight is 557 g/mol. The molecule has 37 heavy (non-hydrogen) atoms. The molecule has 1 saturated heterocycles. The van der Waals surface area contributed by atoms with Crippen LogP contribution in [0.25, 0.3) is 6.08 Å². The fourth-order valence-corrected chi connectivity index (χ4v) is 4.88. The van der Waals surface area contributed by atoms with Gasteiger partial charge in [0.25, 0.3) is 5.91 Å². The summed E-state index contributed by atoms with van der Waals surface area (Å²) >= 11 is 14.0. The van der Waals surface area contributed by atoms with Gasteiger partial charge in [-0.15, -0.1) is 0 Å². The smallest absolute Gasteiger partial charge is 0.337 e. The van der Waals surface area contributed by atoms with E-state index in [4.69, 9.17) is 37.4 Å². The number of likely N-dealkylation sites (N-methyl/N-ethyl adjacent to an activating group) is 1. The molecule has 0 aliphatic carbocycles. The maximum absolute atomic E-state index is 12.9. The predicted octanol–water partition coefficient (Wildman–Crippen LogP) is 6.60. The standard InChI is InChI=1S/C27H22Cl2N2O5S/c1-31-25(32)23(37-27(31)30-19-10-8-17(9-11-19)26(33)35-3)14-16-12-21(29)24(22(13-16)34-2)36-15-18-6-4-5-7-20(18)28/h4-14H,15H2,1-3H3. The van der Waals surface area contributed by atoms with Crippen molar-refractivity contribution in [3.63, 3.8) is 0 Å².